The first-order chi connectivity index (χ1) is 9.58. The van der Waals surface area contributed by atoms with Gasteiger partial charge in [0.15, 0.2) is 0 Å². The van der Waals surface area contributed by atoms with E-state index in [-0.39, 0.29) is 18.9 Å². The molecule has 1 N–H and O–H groups in total. The van der Waals surface area contributed by atoms with Crippen molar-refractivity contribution in [3.05, 3.63) is 24.3 Å². The normalized spacial score (nSPS) is 10.1. The number of hydrogen-bond acceptors (Lipinski definition) is 3. The number of nitrogens with zero attached hydrogens (tertiary/aromatic N) is 1. The summed E-state index contributed by atoms with van der Waals surface area (Å²) in [4.78, 5) is 24.4. The van der Waals surface area contributed by atoms with Crippen LogP contribution in [-0.2, 0) is 9.59 Å². The number of aliphatic carboxylic acids is 1. The lowest BCUT2D eigenvalue weighted by Crippen LogP contribution is -2.32. The number of benzene rings is 1. The predicted molar refractivity (Wildman–Crippen MR) is 77.1 cm³/mol. The van der Waals surface area contributed by atoms with Crippen LogP contribution in [0, 0.1) is 0 Å². The molecule has 1 aromatic carbocycles. The Bertz CT molecular complexity index is 442. The van der Waals surface area contributed by atoms with Crippen molar-refractivity contribution in [2.24, 2.45) is 0 Å². The molecule has 5 nitrogen and oxygen atoms in total. The first kappa shape index (κ1) is 16.0. The number of rotatable bonds is 8. The van der Waals surface area contributed by atoms with Crippen molar-refractivity contribution in [1.29, 1.82) is 0 Å². The second-order valence-electron chi connectivity index (χ2n) is 4.49. The van der Waals surface area contributed by atoms with Gasteiger partial charge in [0, 0.05) is 18.7 Å². The van der Waals surface area contributed by atoms with Crippen molar-refractivity contribution in [2.45, 2.75) is 32.6 Å². The molecule has 110 valence electrons. The van der Waals surface area contributed by atoms with E-state index in [1.807, 2.05) is 6.92 Å². The zero-order valence-electron chi connectivity index (χ0n) is 12.0. The van der Waals surface area contributed by atoms with Crippen molar-refractivity contribution in [3.8, 4) is 5.75 Å². The van der Waals surface area contributed by atoms with Gasteiger partial charge in [-0.25, -0.2) is 0 Å². The molecule has 1 amide bonds. The monoisotopic (exact) mass is 279 g/mol. The second-order valence-corrected chi connectivity index (χ2v) is 4.49. The average Bonchev–Trinajstić information content (AvgIpc) is 2.45. The molecule has 0 radical (unpaired) electrons. The molecule has 0 saturated carbocycles. The van der Waals surface area contributed by atoms with E-state index >= 15 is 0 Å². The Morgan fingerprint density at radius 2 is 1.85 bits per heavy atom. The predicted octanol–water partition coefficient (Wildman–Crippen LogP) is 2.69. The Balaban J connectivity index is 2.83. The molecule has 0 heterocycles. The first-order valence-electron chi connectivity index (χ1n) is 6.74. The van der Waals surface area contributed by atoms with E-state index in [0.717, 1.165) is 12.8 Å². The lowest BCUT2D eigenvalue weighted by Gasteiger charge is -2.22. The van der Waals surface area contributed by atoms with E-state index in [9.17, 15) is 9.59 Å². The number of carboxylic acid groups (broad SMARTS) is 1. The molecule has 0 aromatic heterocycles. The van der Waals surface area contributed by atoms with E-state index in [4.69, 9.17) is 9.84 Å². The van der Waals surface area contributed by atoms with Gasteiger partial charge in [0.1, 0.15) is 5.75 Å². The smallest absolute Gasteiger partial charge is 0.305 e. The molecule has 5 heteroatoms. The van der Waals surface area contributed by atoms with Crippen molar-refractivity contribution >= 4 is 17.6 Å². The molecule has 1 rings (SSSR count). The van der Waals surface area contributed by atoms with Gasteiger partial charge in [-0.3, -0.25) is 9.59 Å². The minimum atomic E-state index is -0.910. The van der Waals surface area contributed by atoms with Crippen LogP contribution in [0.5, 0.6) is 5.75 Å². The van der Waals surface area contributed by atoms with Gasteiger partial charge in [-0.2, -0.15) is 0 Å². The molecule has 1 aromatic rings. The molecule has 0 saturated heterocycles. The van der Waals surface area contributed by atoms with Gasteiger partial charge in [-0.1, -0.05) is 13.3 Å². The summed E-state index contributed by atoms with van der Waals surface area (Å²) in [7, 11) is 1.57. The van der Waals surface area contributed by atoms with Gasteiger partial charge < -0.3 is 14.7 Å². The number of anilines is 1. The molecule has 0 bridgehead atoms. The Hall–Kier alpha value is -2.04. The van der Waals surface area contributed by atoms with Gasteiger partial charge in [0.2, 0.25) is 5.91 Å². The molecule has 20 heavy (non-hydrogen) atoms. The van der Waals surface area contributed by atoms with Crippen LogP contribution in [-0.4, -0.2) is 30.6 Å². The third-order valence-electron chi connectivity index (χ3n) is 2.98. The van der Waals surface area contributed by atoms with E-state index < -0.39 is 5.97 Å². The number of carbonyl (C=O) groups excluding carboxylic acids is 1. The number of carboxylic acids is 1. The topological polar surface area (TPSA) is 66.8 Å². The summed E-state index contributed by atoms with van der Waals surface area (Å²) in [5.41, 5.74) is 0.702. The fraction of sp³-hybridized carbons (Fsp3) is 0.467. The zero-order chi connectivity index (χ0) is 15.0. The Kier molecular flexibility index (Phi) is 6.56. The number of carbonyl (C=O) groups is 2. The summed E-state index contributed by atoms with van der Waals surface area (Å²) in [5, 5.41) is 8.79. The van der Waals surface area contributed by atoms with Crippen LogP contribution in [0.15, 0.2) is 24.3 Å². The molecule has 0 aliphatic carbocycles. The standard InChI is InChI=1S/C15H21NO4/c1-3-4-5-14(17)16(11-10-15(18)19)12-6-8-13(20-2)9-7-12/h6-9H,3-5,10-11H2,1-2H3,(H,18,19). The van der Waals surface area contributed by atoms with Crippen molar-refractivity contribution in [1.82, 2.24) is 0 Å². The van der Waals surface area contributed by atoms with Crippen molar-refractivity contribution < 1.29 is 19.4 Å². The number of methoxy groups -OCH3 is 1. The molecular formula is C15H21NO4. The Morgan fingerprint density at radius 1 is 1.20 bits per heavy atom. The van der Waals surface area contributed by atoms with Crippen LogP contribution < -0.4 is 9.64 Å². The maximum absolute atomic E-state index is 12.2. The second kappa shape index (κ2) is 8.19. The molecule has 0 fully saturated rings. The number of hydrogen-bond donors (Lipinski definition) is 1. The first-order valence-corrected chi connectivity index (χ1v) is 6.74. The summed E-state index contributed by atoms with van der Waals surface area (Å²) in [6.07, 6.45) is 2.10. The molecule has 0 atom stereocenters. The molecule has 0 aliphatic heterocycles. The fourth-order valence-electron chi connectivity index (χ4n) is 1.83. The Labute approximate surface area is 119 Å². The fourth-order valence-corrected chi connectivity index (χ4v) is 1.83. The third-order valence-corrected chi connectivity index (χ3v) is 2.98. The lowest BCUT2D eigenvalue weighted by atomic mass is 10.2. The number of unbranched alkanes of at least 4 members (excludes halogenated alkanes) is 1. The average molecular weight is 279 g/mol. The van der Waals surface area contributed by atoms with Crippen LogP contribution >= 0.6 is 0 Å². The molecule has 0 spiro atoms. The lowest BCUT2D eigenvalue weighted by molar-refractivity contribution is -0.136. The zero-order valence-corrected chi connectivity index (χ0v) is 12.0. The van der Waals surface area contributed by atoms with Gasteiger partial charge in [0.05, 0.1) is 13.5 Å². The van der Waals surface area contributed by atoms with Crippen LogP contribution in [0.3, 0.4) is 0 Å². The summed E-state index contributed by atoms with van der Waals surface area (Å²) in [6, 6.07) is 7.06. The highest BCUT2D eigenvalue weighted by Gasteiger charge is 2.16. The summed E-state index contributed by atoms with van der Waals surface area (Å²) >= 11 is 0. The SMILES string of the molecule is CCCCC(=O)N(CCC(=O)O)c1ccc(OC)cc1. The minimum Gasteiger partial charge on any atom is -0.497 e. The molecule has 0 aliphatic rings. The van der Waals surface area contributed by atoms with E-state index in [2.05, 4.69) is 0 Å². The van der Waals surface area contributed by atoms with Crippen LogP contribution in [0.25, 0.3) is 0 Å². The van der Waals surface area contributed by atoms with Gasteiger partial charge in [-0.05, 0) is 30.7 Å². The van der Waals surface area contributed by atoms with E-state index in [0.29, 0.717) is 17.9 Å². The quantitative estimate of drug-likeness (QED) is 0.794. The highest BCUT2D eigenvalue weighted by Crippen LogP contribution is 2.20. The number of ether oxygens (including phenoxy) is 1. The van der Waals surface area contributed by atoms with Gasteiger partial charge in [0.25, 0.3) is 0 Å². The highest BCUT2D eigenvalue weighted by molar-refractivity contribution is 5.93. The van der Waals surface area contributed by atoms with Gasteiger partial charge >= 0.3 is 5.97 Å². The largest absolute Gasteiger partial charge is 0.497 e. The third kappa shape index (κ3) is 4.91. The van der Waals surface area contributed by atoms with Crippen LogP contribution in [0.1, 0.15) is 32.6 Å². The summed E-state index contributed by atoms with van der Waals surface area (Å²) < 4.78 is 5.07. The maximum Gasteiger partial charge on any atom is 0.305 e. The Morgan fingerprint density at radius 3 is 2.35 bits per heavy atom. The minimum absolute atomic E-state index is 0.0433. The van der Waals surface area contributed by atoms with Crippen LogP contribution in [0.2, 0.25) is 0 Å². The van der Waals surface area contributed by atoms with E-state index in [1.165, 1.54) is 4.90 Å². The van der Waals surface area contributed by atoms with Gasteiger partial charge in [-0.15, -0.1) is 0 Å². The van der Waals surface area contributed by atoms with E-state index in [1.54, 1.807) is 31.4 Å². The summed E-state index contributed by atoms with van der Waals surface area (Å²) in [6.45, 7) is 2.20. The molecular weight excluding hydrogens is 258 g/mol. The maximum atomic E-state index is 12.2. The molecule has 0 unspecified atom stereocenters. The van der Waals surface area contributed by atoms with Crippen LogP contribution in [0.4, 0.5) is 5.69 Å². The summed E-state index contributed by atoms with van der Waals surface area (Å²) in [5.74, 6) is -0.252. The number of amides is 1. The van der Waals surface area contributed by atoms with Crippen molar-refractivity contribution in [3.63, 3.8) is 0 Å². The van der Waals surface area contributed by atoms with Crippen molar-refractivity contribution in [2.75, 3.05) is 18.6 Å². The highest BCUT2D eigenvalue weighted by atomic mass is 16.5.